The Kier molecular flexibility index (Phi) is 3.58. The van der Waals surface area contributed by atoms with Gasteiger partial charge in [-0.1, -0.05) is 33.2 Å². The summed E-state index contributed by atoms with van der Waals surface area (Å²) in [7, 11) is 0. The molecule has 0 unspecified atom stereocenters. The highest BCUT2D eigenvalue weighted by Gasteiger charge is 2.15. The van der Waals surface area contributed by atoms with E-state index in [0.717, 1.165) is 20.5 Å². The summed E-state index contributed by atoms with van der Waals surface area (Å²) in [6.45, 7) is 1.97. The number of nitrogens with zero attached hydrogens (tertiary/aromatic N) is 2. The lowest BCUT2D eigenvalue weighted by Gasteiger charge is -1.96. The first-order chi connectivity index (χ1) is 9.63. The molecule has 20 heavy (non-hydrogen) atoms. The normalized spacial score (nSPS) is 10.9. The van der Waals surface area contributed by atoms with Crippen LogP contribution in [0.1, 0.15) is 17.0 Å². The number of nitrogen functional groups attached to an aromatic ring is 1. The Bertz CT molecular complexity index is 733. The lowest BCUT2D eigenvalue weighted by Crippen LogP contribution is -1.91. The van der Waals surface area contributed by atoms with Gasteiger partial charge in [0.25, 0.3) is 5.89 Å². The fourth-order valence-corrected chi connectivity index (χ4v) is 2.98. The maximum atomic E-state index is 5.99. The van der Waals surface area contributed by atoms with E-state index in [0.29, 0.717) is 23.8 Å². The summed E-state index contributed by atoms with van der Waals surface area (Å²) in [4.78, 5) is 5.26. The predicted octanol–water partition coefficient (Wildman–Crippen LogP) is 4.04. The Labute approximate surface area is 128 Å². The second-order valence-electron chi connectivity index (χ2n) is 4.48. The third-order valence-electron chi connectivity index (χ3n) is 2.96. The lowest BCUT2D eigenvalue weighted by molar-refractivity contribution is 0.425. The predicted molar refractivity (Wildman–Crippen MR) is 83.7 cm³/mol. The molecule has 0 amide bonds. The third kappa shape index (κ3) is 2.62. The quantitative estimate of drug-likeness (QED) is 0.774. The molecule has 2 aromatic heterocycles. The van der Waals surface area contributed by atoms with Crippen LogP contribution in [0.2, 0.25) is 0 Å². The topological polar surface area (TPSA) is 64.9 Å². The number of benzene rings is 1. The van der Waals surface area contributed by atoms with Gasteiger partial charge in [-0.15, -0.1) is 11.3 Å². The molecule has 2 heterocycles. The van der Waals surface area contributed by atoms with Crippen molar-refractivity contribution in [2.24, 2.45) is 0 Å². The SMILES string of the molecule is Cc1csc(-c2nc(Cc3ccc(Br)cc3)no2)c1N. The lowest BCUT2D eigenvalue weighted by atomic mass is 10.1. The molecule has 3 aromatic rings. The van der Waals surface area contributed by atoms with Gasteiger partial charge in [-0.2, -0.15) is 4.98 Å². The van der Waals surface area contributed by atoms with E-state index in [4.69, 9.17) is 10.3 Å². The van der Waals surface area contributed by atoms with E-state index in [1.807, 2.05) is 36.6 Å². The van der Waals surface area contributed by atoms with E-state index in [9.17, 15) is 0 Å². The van der Waals surface area contributed by atoms with Crippen molar-refractivity contribution in [1.82, 2.24) is 10.1 Å². The molecule has 0 radical (unpaired) electrons. The highest BCUT2D eigenvalue weighted by Crippen LogP contribution is 2.33. The maximum Gasteiger partial charge on any atom is 0.270 e. The van der Waals surface area contributed by atoms with Gasteiger partial charge < -0.3 is 10.3 Å². The van der Waals surface area contributed by atoms with Gasteiger partial charge in [-0.25, -0.2) is 0 Å². The van der Waals surface area contributed by atoms with Crippen LogP contribution in [0.5, 0.6) is 0 Å². The number of aromatic nitrogens is 2. The van der Waals surface area contributed by atoms with Gasteiger partial charge in [0.2, 0.25) is 0 Å². The molecule has 0 aliphatic carbocycles. The number of rotatable bonds is 3. The fraction of sp³-hybridized carbons (Fsp3) is 0.143. The van der Waals surface area contributed by atoms with Crippen LogP contribution in [0, 0.1) is 6.92 Å². The van der Waals surface area contributed by atoms with Crippen molar-refractivity contribution in [1.29, 1.82) is 0 Å². The number of anilines is 1. The van der Waals surface area contributed by atoms with Gasteiger partial charge in [-0.3, -0.25) is 0 Å². The largest absolute Gasteiger partial charge is 0.397 e. The van der Waals surface area contributed by atoms with Crippen LogP contribution in [0.25, 0.3) is 10.8 Å². The van der Waals surface area contributed by atoms with Crippen molar-refractivity contribution in [3.63, 3.8) is 0 Å². The van der Waals surface area contributed by atoms with Crippen molar-refractivity contribution < 1.29 is 4.52 Å². The van der Waals surface area contributed by atoms with E-state index >= 15 is 0 Å². The van der Waals surface area contributed by atoms with Gasteiger partial charge in [-0.05, 0) is 35.6 Å². The highest BCUT2D eigenvalue weighted by molar-refractivity contribution is 9.10. The molecule has 4 nitrogen and oxygen atoms in total. The second-order valence-corrected chi connectivity index (χ2v) is 6.28. The molecular formula is C14H12BrN3OS. The van der Waals surface area contributed by atoms with E-state index in [1.54, 1.807) is 0 Å². The summed E-state index contributed by atoms with van der Waals surface area (Å²) in [6.07, 6.45) is 0.640. The monoisotopic (exact) mass is 349 g/mol. The first-order valence-electron chi connectivity index (χ1n) is 6.04. The summed E-state index contributed by atoms with van der Waals surface area (Å²) in [5.74, 6) is 1.15. The summed E-state index contributed by atoms with van der Waals surface area (Å²) in [6, 6.07) is 8.06. The molecule has 0 spiro atoms. The average Bonchev–Trinajstić information content (AvgIpc) is 3.01. The summed E-state index contributed by atoms with van der Waals surface area (Å²) >= 11 is 4.94. The van der Waals surface area contributed by atoms with E-state index < -0.39 is 0 Å². The molecule has 1 aromatic carbocycles. The molecular weight excluding hydrogens is 338 g/mol. The highest BCUT2D eigenvalue weighted by atomic mass is 79.9. The van der Waals surface area contributed by atoms with Crippen molar-refractivity contribution >= 4 is 33.0 Å². The van der Waals surface area contributed by atoms with Crippen LogP contribution in [-0.2, 0) is 6.42 Å². The maximum absolute atomic E-state index is 5.99. The smallest absolute Gasteiger partial charge is 0.270 e. The zero-order valence-corrected chi connectivity index (χ0v) is 13.2. The zero-order chi connectivity index (χ0) is 14.1. The molecule has 6 heteroatoms. The Morgan fingerprint density at radius 3 is 2.70 bits per heavy atom. The third-order valence-corrected chi connectivity index (χ3v) is 4.59. The Morgan fingerprint density at radius 1 is 1.30 bits per heavy atom. The van der Waals surface area contributed by atoms with Crippen molar-refractivity contribution in [3.05, 3.63) is 51.1 Å². The van der Waals surface area contributed by atoms with Gasteiger partial charge in [0.05, 0.1) is 5.69 Å². The first kappa shape index (κ1) is 13.3. The fourth-order valence-electron chi connectivity index (χ4n) is 1.82. The van der Waals surface area contributed by atoms with Crippen molar-refractivity contribution in [2.45, 2.75) is 13.3 Å². The standard InChI is InChI=1S/C14H12BrN3OS/c1-8-7-20-13(12(8)16)14-17-11(18-19-14)6-9-2-4-10(15)5-3-9/h2-5,7H,6,16H2,1H3. The Morgan fingerprint density at radius 2 is 2.05 bits per heavy atom. The van der Waals surface area contributed by atoms with Crippen LogP contribution in [0.3, 0.4) is 0 Å². The Balaban J connectivity index is 1.83. The van der Waals surface area contributed by atoms with Crippen molar-refractivity contribution in [2.75, 3.05) is 5.73 Å². The van der Waals surface area contributed by atoms with E-state index in [-0.39, 0.29) is 0 Å². The van der Waals surface area contributed by atoms with Crippen LogP contribution in [0.4, 0.5) is 5.69 Å². The molecule has 3 rings (SSSR count). The minimum atomic E-state index is 0.493. The van der Waals surface area contributed by atoms with Crippen LogP contribution in [0.15, 0.2) is 38.6 Å². The van der Waals surface area contributed by atoms with E-state index in [1.165, 1.54) is 11.3 Å². The van der Waals surface area contributed by atoms with Crippen LogP contribution in [-0.4, -0.2) is 10.1 Å². The zero-order valence-electron chi connectivity index (χ0n) is 10.8. The number of halogens is 1. The summed E-state index contributed by atoms with van der Waals surface area (Å²) in [5.41, 5.74) is 8.88. The molecule has 0 atom stereocenters. The molecule has 0 aliphatic heterocycles. The number of nitrogens with two attached hydrogens (primary N) is 1. The number of thiophene rings is 1. The number of aryl methyl sites for hydroxylation is 1. The summed E-state index contributed by atoms with van der Waals surface area (Å²) < 4.78 is 6.35. The molecule has 0 saturated carbocycles. The second kappa shape index (κ2) is 5.38. The molecule has 2 N–H and O–H groups in total. The molecule has 0 fully saturated rings. The van der Waals surface area contributed by atoms with Gasteiger partial charge >= 0.3 is 0 Å². The minimum absolute atomic E-state index is 0.493. The van der Waals surface area contributed by atoms with Crippen LogP contribution >= 0.6 is 27.3 Å². The summed E-state index contributed by atoms with van der Waals surface area (Å²) in [5, 5.41) is 6.00. The van der Waals surface area contributed by atoms with Gasteiger partial charge in [0.1, 0.15) is 4.88 Å². The first-order valence-corrected chi connectivity index (χ1v) is 7.71. The Hall–Kier alpha value is -1.66. The molecule has 102 valence electrons. The number of hydrogen-bond acceptors (Lipinski definition) is 5. The minimum Gasteiger partial charge on any atom is -0.397 e. The van der Waals surface area contributed by atoms with Gasteiger partial charge in [0.15, 0.2) is 5.82 Å². The number of hydrogen-bond donors (Lipinski definition) is 1. The molecule has 0 bridgehead atoms. The average molecular weight is 350 g/mol. The molecule has 0 saturated heterocycles. The van der Waals surface area contributed by atoms with Crippen LogP contribution < -0.4 is 5.73 Å². The van der Waals surface area contributed by atoms with Gasteiger partial charge in [0, 0.05) is 10.9 Å². The van der Waals surface area contributed by atoms with E-state index in [2.05, 4.69) is 26.1 Å². The van der Waals surface area contributed by atoms with Crippen molar-refractivity contribution in [3.8, 4) is 10.8 Å². The molecule has 0 aliphatic rings.